The third-order valence-electron chi connectivity index (χ3n) is 7.00. The third-order valence-corrected chi connectivity index (χ3v) is 7.00. The minimum atomic E-state index is -5.10. The minimum absolute atomic E-state index is 0.0593. The predicted molar refractivity (Wildman–Crippen MR) is 162 cm³/mol. The number of benzene rings is 2. The first-order valence-corrected chi connectivity index (χ1v) is 14.1. The summed E-state index contributed by atoms with van der Waals surface area (Å²) in [7, 11) is 0. The molecule has 0 aliphatic rings. The Balaban J connectivity index is 1.61. The van der Waals surface area contributed by atoms with Crippen LogP contribution in [0.15, 0.2) is 58.4 Å². The van der Waals surface area contributed by atoms with Crippen molar-refractivity contribution >= 4 is 22.8 Å². The van der Waals surface area contributed by atoms with Gasteiger partial charge in [0, 0.05) is 36.2 Å². The van der Waals surface area contributed by atoms with Gasteiger partial charge in [0.25, 0.3) is 0 Å². The first-order chi connectivity index (χ1) is 21.2. The zero-order valence-corrected chi connectivity index (χ0v) is 24.4. The Morgan fingerprint density at radius 2 is 1.82 bits per heavy atom. The number of carbonyl (C=O) groups is 1. The summed E-state index contributed by atoms with van der Waals surface area (Å²) in [6.45, 7) is 2.11. The fourth-order valence-corrected chi connectivity index (χ4v) is 4.79. The number of aryl methyl sites for hydroxylation is 1. The topological polar surface area (TPSA) is 193 Å². The quantitative estimate of drug-likeness (QED) is 0.0638. The maximum atomic E-state index is 15.3. The second-order valence-electron chi connectivity index (χ2n) is 10.7. The fraction of sp³-hybridized carbons (Fsp3) is 0.333. The molecule has 0 aliphatic heterocycles. The molecule has 0 aliphatic carbocycles. The van der Waals surface area contributed by atoms with E-state index in [-0.39, 0.29) is 41.1 Å². The number of hydrogen-bond acceptors (Lipinski definition) is 7. The number of nitrogens with one attached hydrogen (secondary N) is 1. The van der Waals surface area contributed by atoms with Gasteiger partial charge in [0.2, 0.25) is 0 Å². The van der Waals surface area contributed by atoms with Gasteiger partial charge < -0.3 is 32.7 Å². The lowest BCUT2D eigenvalue weighted by atomic mass is 10.0. The molecule has 9 N–H and O–H groups in total. The number of hydrogen-bond donors (Lipinski definition) is 5. The van der Waals surface area contributed by atoms with Crippen LogP contribution < -0.4 is 33.4 Å². The van der Waals surface area contributed by atoms with Gasteiger partial charge in [0.05, 0.1) is 17.4 Å². The van der Waals surface area contributed by atoms with Gasteiger partial charge in [-0.3, -0.25) is 14.4 Å². The predicted octanol–water partition coefficient (Wildman–Crippen LogP) is 3.71. The number of ketones is 1. The summed E-state index contributed by atoms with van der Waals surface area (Å²) >= 11 is 0. The van der Waals surface area contributed by atoms with Gasteiger partial charge in [-0.15, -0.1) is 13.2 Å². The first-order valence-electron chi connectivity index (χ1n) is 14.1. The van der Waals surface area contributed by atoms with Crippen LogP contribution in [0.1, 0.15) is 49.8 Å². The Bertz CT molecular complexity index is 1740. The Labute approximate surface area is 255 Å². The second kappa shape index (κ2) is 13.9. The molecule has 0 amide bonds. The Morgan fingerprint density at radius 3 is 2.47 bits per heavy atom. The average molecular weight is 631 g/mol. The van der Waals surface area contributed by atoms with Crippen molar-refractivity contribution in [3.8, 4) is 22.7 Å². The van der Waals surface area contributed by atoms with Crippen LogP contribution in [0.25, 0.3) is 28.0 Å². The molecule has 2 aromatic carbocycles. The highest BCUT2D eigenvalue weighted by Gasteiger charge is 2.33. The van der Waals surface area contributed by atoms with Gasteiger partial charge in [-0.2, -0.15) is 4.98 Å². The lowest BCUT2D eigenvalue weighted by molar-refractivity contribution is -0.275. The van der Waals surface area contributed by atoms with Crippen LogP contribution in [-0.4, -0.2) is 45.2 Å². The maximum absolute atomic E-state index is 15.3. The van der Waals surface area contributed by atoms with Crippen LogP contribution in [0.5, 0.6) is 5.75 Å². The zero-order chi connectivity index (χ0) is 32.9. The molecule has 0 saturated carbocycles. The number of carbonyl (C=O) groups excluding carboxylic acids is 1. The second-order valence-corrected chi connectivity index (χ2v) is 10.7. The van der Waals surface area contributed by atoms with Crippen molar-refractivity contribution in [1.82, 2.24) is 14.5 Å². The number of aromatic amines is 1. The lowest BCUT2D eigenvalue weighted by Gasteiger charge is -2.14. The number of alkyl halides is 3. The van der Waals surface area contributed by atoms with Gasteiger partial charge in [0.15, 0.2) is 23.3 Å². The molecule has 2 atom stereocenters. The molecular formula is C30H34F4N8O3. The third kappa shape index (κ3) is 8.67. The smallest absolute Gasteiger partial charge is 0.403 e. The number of rotatable bonds is 13. The summed E-state index contributed by atoms with van der Waals surface area (Å²) in [5.74, 6) is -2.45. The van der Waals surface area contributed by atoms with Gasteiger partial charge in [-0.1, -0.05) is 12.1 Å². The van der Waals surface area contributed by atoms with Crippen molar-refractivity contribution in [3.05, 3.63) is 76.1 Å². The van der Waals surface area contributed by atoms with E-state index in [9.17, 15) is 22.8 Å². The number of fused-ring (bicyclic) bond motifs is 1. The maximum Gasteiger partial charge on any atom is 0.573 e. The molecule has 0 fully saturated rings. The van der Waals surface area contributed by atoms with E-state index in [2.05, 4.69) is 19.7 Å². The summed E-state index contributed by atoms with van der Waals surface area (Å²) in [5, 5.41) is 0.390. The van der Waals surface area contributed by atoms with E-state index in [0.717, 1.165) is 6.07 Å². The van der Waals surface area contributed by atoms with Crippen LogP contribution in [0.4, 0.5) is 17.6 Å². The largest absolute Gasteiger partial charge is 0.573 e. The molecule has 2 heterocycles. The van der Waals surface area contributed by atoms with Gasteiger partial charge in [0.1, 0.15) is 5.65 Å². The normalized spacial score (nSPS) is 13.0. The molecule has 0 unspecified atom stereocenters. The molecule has 2 aromatic heterocycles. The first kappa shape index (κ1) is 33.1. The van der Waals surface area contributed by atoms with Crippen LogP contribution in [-0.2, 0) is 11.2 Å². The summed E-state index contributed by atoms with van der Waals surface area (Å²) in [6, 6.07) is 9.35. The zero-order valence-electron chi connectivity index (χ0n) is 24.4. The molecule has 0 bridgehead atoms. The molecule has 240 valence electrons. The van der Waals surface area contributed by atoms with E-state index in [0.29, 0.717) is 54.4 Å². The highest BCUT2D eigenvalue weighted by molar-refractivity contribution is 5.85. The number of nitrogens with two attached hydrogens (primary N) is 4. The molecule has 4 rings (SSSR count). The molecule has 45 heavy (non-hydrogen) atoms. The standard InChI is InChI=1S/C30H34F4N8O3/c1-16(35)4-2-5-17-12-21(25(31)24(13-17)45-30(32,33)34)22-14-19-15-42(29(44)41-27(19)40-22)20-9-7-18(8-10-20)26(36)23(43)6-3-11-39-28(37)38/h7-10,12-16,26H,2-6,11,35-36H2,1H3,(H4,37,38,39)(H,40,41,44)/t16-,26+/m0/s1. The van der Waals surface area contributed by atoms with Crippen molar-refractivity contribution in [2.24, 2.45) is 27.9 Å². The SMILES string of the molecule is C[C@H](N)CCCc1cc(OC(F)(F)F)c(F)c(-c2cc3cn(-c4ccc([C@@H](N)C(=O)CCCN=C(N)N)cc4)c(=O)nc3[nH]2)c1. The van der Waals surface area contributed by atoms with Crippen molar-refractivity contribution in [3.63, 3.8) is 0 Å². The number of nitrogens with zero attached hydrogens (tertiary/aromatic N) is 3. The monoisotopic (exact) mass is 630 g/mol. The molecule has 0 radical (unpaired) electrons. The summed E-state index contributed by atoms with van der Waals surface area (Å²) < 4.78 is 59.8. The van der Waals surface area contributed by atoms with Crippen LogP contribution >= 0.6 is 0 Å². The molecule has 11 nitrogen and oxygen atoms in total. The van der Waals surface area contributed by atoms with Gasteiger partial charge in [-0.25, -0.2) is 9.18 Å². The van der Waals surface area contributed by atoms with Crippen LogP contribution in [0.2, 0.25) is 0 Å². The number of Topliss-reactive ketones (excluding diaryl/α,β-unsaturated/α-hetero) is 1. The van der Waals surface area contributed by atoms with E-state index in [4.69, 9.17) is 22.9 Å². The van der Waals surface area contributed by atoms with E-state index in [1.807, 2.05) is 6.92 Å². The molecule has 0 spiro atoms. The summed E-state index contributed by atoms with van der Waals surface area (Å²) in [5.41, 5.74) is 23.2. The van der Waals surface area contributed by atoms with Crippen molar-refractivity contribution in [2.75, 3.05) is 6.54 Å². The summed E-state index contributed by atoms with van der Waals surface area (Å²) in [6.07, 6.45) is -1.50. The number of aromatic nitrogens is 3. The van der Waals surface area contributed by atoms with E-state index >= 15 is 4.39 Å². The molecule has 15 heteroatoms. The fourth-order valence-electron chi connectivity index (χ4n) is 4.79. The Kier molecular flexibility index (Phi) is 10.2. The summed E-state index contributed by atoms with van der Waals surface area (Å²) in [4.78, 5) is 36.1. The number of aliphatic imine (C=N–C) groups is 1. The number of halogens is 4. The van der Waals surface area contributed by atoms with Crippen LogP contribution in [0.3, 0.4) is 0 Å². The van der Waals surface area contributed by atoms with Crippen molar-refractivity contribution < 1.29 is 27.1 Å². The van der Waals surface area contributed by atoms with Crippen molar-refractivity contribution in [1.29, 1.82) is 0 Å². The van der Waals surface area contributed by atoms with Gasteiger partial charge in [-0.05, 0) is 74.1 Å². The lowest BCUT2D eigenvalue weighted by Crippen LogP contribution is -2.24. The van der Waals surface area contributed by atoms with E-state index in [1.54, 1.807) is 24.3 Å². The number of guanidine groups is 1. The van der Waals surface area contributed by atoms with Gasteiger partial charge >= 0.3 is 12.1 Å². The number of H-pyrrole nitrogens is 1. The average Bonchev–Trinajstić information content (AvgIpc) is 3.37. The highest BCUT2D eigenvalue weighted by atomic mass is 19.4. The van der Waals surface area contributed by atoms with E-state index < -0.39 is 29.7 Å². The Hall–Kier alpha value is -4.76. The number of ether oxygens (including phenoxy) is 1. The Morgan fingerprint density at radius 1 is 1.11 bits per heavy atom. The highest BCUT2D eigenvalue weighted by Crippen LogP contribution is 2.35. The van der Waals surface area contributed by atoms with Crippen LogP contribution in [0, 0.1) is 5.82 Å². The molecular weight excluding hydrogens is 596 g/mol. The molecule has 0 saturated heterocycles. The van der Waals surface area contributed by atoms with E-state index in [1.165, 1.54) is 22.9 Å². The molecule has 4 aromatic rings. The van der Waals surface area contributed by atoms with Crippen molar-refractivity contribution in [2.45, 2.75) is 57.5 Å². The minimum Gasteiger partial charge on any atom is -0.403 e.